The molecule has 0 radical (unpaired) electrons. The number of pyridine rings is 1. The maximum absolute atomic E-state index is 10.9. The Labute approximate surface area is 99.2 Å². The van der Waals surface area contributed by atoms with Gasteiger partial charge >= 0.3 is 11.9 Å². The van der Waals surface area contributed by atoms with Gasteiger partial charge in [0.05, 0.1) is 0 Å². The number of nitrogens with zero attached hydrogens (tertiary/aromatic N) is 1. The Kier molecular flexibility index (Phi) is 3.37. The maximum Gasteiger partial charge on any atom is 0.398 e. The number of nitrogens with one attached hydrogen (secondary N) is 1. The highest BCUT2D eigenvalue weighted by Crippen LogP contribution is 2.09. The maximum atomic E-state index is 10.9. The summed E-state index contributed by atoms with van der Waals surface area (Å²) in [5, 5.41) is 2.46. The molecule has 1 N–H and O–H groups in total. The van der Waals surface area contributed by atoms with Gasteiger partial charge in [0.1, 0.15) is 0 Å². The van der Waals surface area contributed by atoms with E-state index in [0.717, 1.165) is 12.1 Å². The van der Waals surface area contributed by atoms with Crippen molar-refractivity contribution in [1.29, 1.82) is 0 Å². The van der Waals surface area contributed by atoms with Crippen LogP contribution in [0.25, 0.3) is 0 Å². The van der Waals surface area contributed by atoms with Crippen molar-refractivity contribution in [2.75, 3.05) is 0 Å². The lowest BCUT2D eigenvalue weighted by Gasteiger charge is -2.08. The van der Waals surface area contributed by atoms with Gasteiger partial charge in [-0.05, 0) is 24.5 Å². The molecule has 5 nitrogen and oxygen atoms in total. The van der Waals surface area contributed by atoms with Gasteiger partial charge < -0.3 is 10.1 Å². The molecule has 5 heteroatoms. The predicted octanol–water partition coefficient (Wildman–Crippen LogP) is 0.576. The van der Waals surface area contributed by atoms with Crippen LogP contribution in [0.5, 0.6) is 0 Å². The molecule has 1 aromatic heterocycles. The first kappa shape index (κ1) is 11.6. The number of hydrogen-bond donors (Lipinski definition) is 1. The predicted molar refractivity (Wildman–Crippen MR) is 60.0 cm³/mol. The minimum atomic E-state index is -0.802. The fourth-order valence-corrected chi connectivity index (χ4v) is 1.64. The number of hydrogen-bond acceptors (Lipinski definition) is 4. The van der Waals surface area contributed by atoms with Crippen LogP contribution < -0.4 is 5.32 Å². The average molecular weight is 234 g/mol. The van der Waals surface area contributed by atoms with Crippen molar-refractivity contribution in [3.8, 4) is 0 Å². The summed E-state index contributed by atoms with van der Waals surface area (Å²) in [6.07, 6.45) is 3.51. The number of carbonyl (C=O) groups is 2. The zero-order chi connectivity index (χ0) is 12.3. The van der Waals surface area contributed by atoms with Crippen molar-refractivity contribution < 1.29 is 14.3 Å². The van der Waals surface area contributed by atoms with E-state index >= 15 is 0 Å². The summed E-state index contributed by atoms with van der Waals surface area (Å²) in [4.78, 5) is 26.0. The first-order valence-corrected chi connectivity index (χ1v) is 5.64. The Morgan fingerprint density at radius 1 is 1.41 bits per heavy atom. The summed E-state index contributed by atoms with van der Waals surface area (Å²) >= 11 is 0. The number of aromatic nitrogens is 1. The summed E-state index contributed by atoms with van der Waals surface area (Å²) in [5.41, 5.74) is 2.12. The molecule has 0 saturated carbocycles. The van der Waals surface area contributed by atoms with Crippen molar-refractivity contribution in [1.82, 2.24) is 10.3 Å². The molecule has 1 amide bonds. The fourth-order valence-electron chi connectivity index (χ4n) is 1.64. The van der Waals surface area contributed by atoms with E-state index < -0.39 is 18.1 Å². The van der Waals surface area contributed by atoms with Gasteiger partial charge in [-0.25, -0.2) is 4.79 Å². The molecule has 1 aliphatic rings. The molecule has 0 aliphatic carbocycles. The zero-order valence-electron chi connectivity index (χ0n) is 9.60. The van der Waals surface area contributed by atoms with Crippen molar-refractivity contribution >= 4 is 11.9 Å². The smallest absolute Gasteiger partial charge is 0.398 e. The van der Waals surface area contributed by atoms with Crippen LogP contribution in [0.4, 0.5) is 0 Å². The molecule has 1 saturated heterocycles. The Morgan fingerprint density at radius 2 is 2.24 bits per heavy atom. The third-order valence-corrected chi connectivity index (χ3v) is 2.68. The van der Waals surface area contributed by atoms with E-state index in [4.69, 9.17) is 4.74 Å². The number of cyclic esters (lactones) is 1. The molecule has 0 aromatic carbocycles. The quantitative estimate of drug-likeness (QED) is 0.611. The molecule has 0 spiro atoms. The number of rotatable bonds is 4. The van der Waals surface area contributed by atoms with E-state index in [0.29, 0.717) is 12.8 Å². The largest absolute Gasteiger partial charge is 0.435 e. The Bertz CT molecular complexity index is 412. The van der Waals surface area contributed by atoms with Crippen LogP contribution in [0, 0.1) is 0 Å². The van der Waals surface area contributed by atoms with Gasteiger partial charge in [-0.15, -0.1) is 0 Å². The number of aryl methyl sites for hydroxylation is 2. The van der Waals surface area contributed by atoms with Crippen molar-refractivity contribution in [3.63, 3.8) is 0 Å². The molecule has 17 heavy (non-hydrogen) atoms. The van der Waals surface area contributed by atoms with Crippen molar-refractivity contribution in [2.24, 2.45) is 0 Å². The van der Waals surface area contributed by atoms with E-state index in [9.17, 15) is 9.59 Å². The lowest BCUT2D eigenvalue weighted by molar-refractivity contribution is -0.149. The molecule has 1 fully saturated rings. The van der Waals surface area contributed by atoms with Gasteiger partial charge in [0.15, 0.2) is 6.23 Å². The monoisotopic (exact) mass is 234 g/mol. The minimum Gasteiger partial charge on any atom is -0.435 e. The average Bonchev–Trinajstić information content (AvgIpc) is 2.67. The highest BCUT2D eigenvalue weighted by atomic mass is 16.6. The summed E-state index contributed by atoms with van der Waals surface area (Å²) < 4.78 is 4.81. The Balaban J connectivity index is 1.85. The lowest BCUT2D eigenvalue weighted by atomic mass is 10.1. The van der Waals surface area contributed by atoms with Crippen molar-refractivity contribution in [3.05, 3.63) is 29.6 Å². The normalized spacial score (nSPS) is 19.0. The summed E-state index contributed by atoms with van der Waals surface area (Å²) in [7, 11) is 0. The molecule has 1 atom stereocenters. The van der Waals surface area contributed by atoms with Gasteiger partial charge in [-0.1, -0.05) is 13.0 Å². The first-order valence-electron chi connectivity index (χ1n) is 5.64. The SMILES string of the molecule is CCc1ccc(CCC2NC(=O)C(=O)O2)nc1. The first-order chi connectivity index (χ1) is 8.19. The van der Waals surface area contributed by atoms with E-state index in [1.54, 1.807) is 0 Å². The third kappa shape index (κ3) is 2.81. The van der Waals surface area contributed by atoms with Gasteiger partial charge in [-0.2, -0.15) is 0 Å². The third-order valence-electron chi connectivity index (χ3n) is 2.68. The van der Waals surface area contributed by atoms with E-state index in [1.807, 2.05) is 18.3 Å². The van der Waals surface area contributed by atoms with Gasteiger partial charge in [0.2, 0.25) is 0 Å². The second-order valence-electron chi connectivity index (χ2n) is 3.92. The summed E-state index contributed by atoms with van der Waals surface area (Å²) in [6, 6.07) is 3.99. The highest BCUT2D eigenvalue weighted by molar-refractivity contribution is 6.34. The van der Waals surface area contributed by atoms with Crippen LogP contribution in [0.15, 0.2) is 18.3 Å². The van der Waals surface area contributed by atoms with Crippen LogP contribution in [-0.4, -0.2) is 23.1 Å². The fraction of sp³-hybridized carbons (Fsp3) is 0.417. The van der Waals surface area contributed by atoms with Crippen LogP contribution in [0.3, 0.4) is 0 Å². The number of ether oxygens (including phenoxy) is 1. The molecule has 1 aliphatic heterocycles. The molecular formula is C12H14N2O3. The Hall–Kier alpha value is -1.91. The number of esters is 1. The van der Waals surface area contributed by atoms with Crippen LogP contribution in [0.2, 0.25) is 0 Å². The molecular weight excluding hydrogens is 220 g/mol. The summed E-state index contributed by atoms with van der Waals surface area (Å²) in [6.45, 7) is 2.07. The second-order valence-corrected chi connectivity index (χ2v) is 3.92. The van der Waals surface area contributed by atoms with Crippen LogP contribution in [0.1, 0.15) is 24.6 Å². The van der Waals surface area contributed by atoms with Gasteiger partial charge in [0, 0.05) is 18.3 Å². The minimum absolute atomic E-state index is 0.511. The van der Waals surface area contributed by atoms with E-state index in [1.165, 1.54) is 5.56 Å². The topological polar surface area (TPSA) is 68.3 Å². The van der Waals surface area contributed by atoms with E-state index in [2.05, 4.69) is 17.2 Å². The summed E-state index contributed by atoms with van der Waals surface area (Å²) in [5.74, 6) is -1.46. The number of carbonyl (C=O) groups excluding carboxylic acids is 2. The van der Waals surface area contributed by atoms with Crippen LogP contribution >= 0.6 is 0 Å². The Morgan fingerprint density at radius 3 is 2.76 bits per heavy atom. The molecule has 0 bridgehead atoms. The van der Waals surface area contributed by atoms with Crippen LogP contribution in [-0.2, 0) is 27.2 Å². The molecule has 2 rings (SSSR count). The second kappa shape index (κ2) is 4.95. The molecule has 90 valence electrons. The lowest BCUT2D eigenvalue weighted by Crippen LogP contribution is -2.27. The number of amides is 1. The van der Waals surface area contributed by atoms with E-state index in [-0.39, 0.29) is 0 Å². The molecule has 1 aromatic rings. The van der Waals surface area contributed by atoms with Crippen molar-refractivity contribution in [2.45, 2.75) is 32.4 Å². The zero-order valence-corrected chi connectivity index (χ0v) is 9.60. The van der Waals surface area contributed by atoms with Gasteiger partial charge in [-0.3, -0.25) is 9.78 Å². The molecule has 1 unspecified atom stereocenters. The standard InChI is InChI=1S/C12H14N2O3/c1-2-8-3-4-9(13-7-8)5-6-10-14-11(15)12(16)17-10/h3-4,7,10H,2,5-6H2,1H3,(H,14,15). The van der Waals surface area contributed by atoms with Gasteiger partial charge in [0.25, 0.3) is 0 Å². The highest BCUT2D eigenvalue weighted by Gasteiger charge is 2.30. The molecule has 2 heterocycles.